The summed E-state index contributed by atoms with van der Waals surface area (Å²) in [7, 11) is 0. The minimum atomic E-state index is 0.0437. The molecule has 1 aliphatic carbocycles. The molecule has 2 N–H and O–H groups in total. The van der Waals surface area contributed by atoms with Gasteiger partial charge in [0.05, 0.1) is 17.8 Å². The number of hydrogen-bond acceptors (Lipinski definition) is 4. The van der Waals surface area contributed by atoms with Crippen molar-refractivity contribution < 1.29 is 0 Å². The lowest BCUT2D eigenvalue weighted by molar-refractivity contribution is 0.236. The minimum Gasteiger partial charge on any atom is -0.345 e. The van der Waals surface area contributed by atoms with Crippen LogP contribution in [0.25, 0.3) is 0 Å². The van der Waals surface area contributed by atoms with Gasteiger partial charge in [0.15, 0.2) is 0 Å². The summed E-state index contributed by atoms with van der Waals surface area (Å²) in [5, 5.41) is 0. The van der Waals surface area contributed by atoms with Crippen LogP contribution in [-0.2, 0) is 19.5 Å². The Labute approximate surface area is 122 Å². The molecule has 0 aromatic carbocycles. The summed E-state index contributed by atoms with van der Waals surface area (Å²) in [6.07, 6.45) is 5.00. The van der Waals surface area contributed by atoms with Crippen molar-refractivity contribution in [2.75, 3.05) is 6.54 Å². The van der Waals surface area contributed by atoms with E-state index in [-0.39, 0.29) is 5.56 Å². The standard InChI is InChI=1S/C15H19N5O/c1-9-6-16-13(17-9)8-20-5-4-12-11(7-20)15(21)19-14(18-12)10-2-3-10/h6,10H,2-5,7-8H2,1H3,(H,16,17)(H,18,19,21). The number of aryl methyl sites for hydroxylation is 1. The van der Waals surface area contributed by atoms with Crippen molar-refractivity contribution in [3.63, 3.8) is 0 Å². The van der Waals surface area contributed by atoms with Crippen molar-refractivity contribution in [1.82, 2.24) is 24.8 Å². The van der Waals surface area contributed by atoms with Crippen LogP contribution in [-0.4, -0.2) is 31.4 Å². The van der Waals surface area contributed by atoms with E-state index >= 15 is 0 Å². The Bertz CT molecular complexity index is 728. The maximum atomic E-state index is 12.3. The largest absolute Gasteiger partial charge is 0.345 e. The number of fused-ring (bicyclic) bond motifs is 1. The molecule has 21 heavy (non-hydrogen) atoms. The molecule has 110 valence electrons. The summed E-state index contributed by atoms with van der Waals surface area (Å²) in [6, 6.07) is 0. The van der Waals surface area contributed by atoms with Gasteiger partial charge in [-0.3, -0.25) is 9.69 Å². The van der Waals surface area contributed by atoms with Gasteiger partial charge < -0.3 is 9.97 Å². The molecule has 0 atom stereocenters. The van der Waals surface area contributed by atoms with Crippen LogP contribution in [0.5, 0.6) is 0 Å². The Morgan fingerprint density at radius 1 is 1.38 bits per heavy atom. The SMILES string of the molecule is Cc1cnc(CN2CCc3nc(C4CC4)[nH]c(=O)c3C2)[nH]1. The number of imidazole rings is 1. The van der Waals surface area contributed by atoms with Crippen molar-refractivity contribution in [3.05, 3.63) is 45.2 Å². The topological polar surface area (TPSA) is 77.7 Å². The second-order valence-corrected chi connectivity index (χ2v) is 6.12. The average molecular weight is 285 g/mol. The van der Waals surface area contributed by atoms with E-state index in [1.165, 1.54) is 0 Å². The number of H-pyrrole nitrogens is 2. The highest BCUT2D eigenvalue weighted by molar-refractivity contribution is 5.23. The van der Waals surface area contributed by atoms with E-state index < -0.39 is 0 Å². The second kappa shape index (κ2) is 4.80. The predicted octanol–water partition coefficient (Wildman–Crippen LogP) is 1.24. The molecule has 1 fully saturated rings. The first-order chi connectivity index (χ1) is 10.2. The summed E-state index contributed by atoms with van der Waals surface area (Å²) in [6.45, 7) is 4.32. The van der Waals surface area contributed by atoms with Crippen LogP contribution in [0.2, 0.25) is 0 Å². The van der Waals surface area contributed by atoms with Crippen molar-refractivity contribution in [2.24, 2.45) is 0 Å². The van der Waals surface area contributed by atoms with Gasteiger partial charge in [-0.15, -0.1) is 0 Å². The van der Waals surface area contributed by atoms with E-state index in [1.54, 1.807) is 0 Å². The van der Waals surface area contributed by atoms with Gasteiger partial charge in [-0.2, -0.15) is 0 Å². The molecule has 1 saturated carbocycles. The molecule has 0 unspecified atom stereocenters. The van der Waals surface area contributed by atoms with E-state index in [0.717, 1.165) is 61.0 Å². The summed E-state index contributed by atoms with van der Waals surface area (Å²) in [5.41, 5.74) is 2.93. The Morgan fingerprint density at radius 3 is 2.95 bits per heavy atom. The zero-order valence-corrected chi connectivity index (χ0v) is 12.1. The number of aromatic amines is 2. The Kier molecular flexibility index (Phi) is 2.92. The molecule has 0 amide bonds. The average Bonchev–Trinajstić information content (AvgIpc) is 3.24. The van der Waals surface area contributed by atoms with Crippen LogP contribution in [0, 0.1) is 6.92 Å². The zero-order chi connectivity index (χ0) is 14.4. The van der Waals surface area contributed by atoms with Gasteiger partial charge in [0.1, 0.15) is 11.6 Å². The van der Waals surface area contributed by atoms with Crippen molar-refractivity contribution in [3.8, 4) is 0 Å². The highest BCUT2D eigenvalue weighted by Gasteiger charge is 2.29. The first kappa shape index (κ1) is 12.8. The third-order valence-corrected chi connectivity index (χ3v) is 4.26. The molecule has 2 aromatic heterocycles. The molecule has 1 aliphatic heterocycles. The third kappa shape index (κ3) is 2.51. The maximum Gasteiger partial charge on any atom is 0.255 e. The van der Waals surface area contributed by atoms with Crippen LogP contribution in [0.3, 0.4) is 0 Å². The Balaban J connectivity index is 1.55. The number of aromatic nitrogens is 4. The zero-order valence-electron chi connectivity index (χ0n) is 12.1. The number of rotatable bonds is 3. The molecule has 0 bridgehead atoms. The Hall–Kier alpha value is -1.95. The first-order valence-electron chi connectivity index (χ1n) is 7.54. The number of hydrogen-bond donors (Lipinski definition) is 2. The van der Waals surface area contributed by atoms with Gasteiger partial charge in [-0.05, 0) is 19.8 Å². The summed E-state index contributed by atoms with van der Waals surface area (Å²) >= 11 is 0. The Morgan fingerprint density at radius 2 is 2.24 bits per heavy atom. The van der Waals surface area contributed by atoms with Crippen LogP contribution >= 0.6 is 0 Å². The van der Waals surface area contributed by atoms with Gasteiger partial charge in [-0.1, -0.05) is 0 Å². The van der Waals surface area contributed by atoms with Gasteiger partial charge in [-0.25, -0.2) is 9.97 Å². The lowest BCUT2D eigenvalue weighted by atomic mass is 10.1. The molecule has 0 radical (unpaired) electrons. The van der Waals surface area contributed by atoms with E-state index in [0.29, 0.717) is 12.5 Å². The van der Waals surface area contributed by atoms with Gasteiger partial charge in [0.25, 0.3) is 5.56 Å². The number of nitrogens with one attached hydrogen (secondary N) is 2. The normalized spacial score (nSPS) is 18.7. The van der Waals surface area contributed by atoms with E-state index in [2.05, 4.69) is 24.8 Å². The molecule has 0 spiro atoms. The van der Waals surface area contributed by atoms with Crippen molar-refractivity contribution in [2.45, 2.75) is 45.2 Å². The molecule has 2 aromatic rings. The van der Waals surface area contributed by atoms with Crippen molar-refractivity contribution >= 4 is 0 Å². The molecule has 6 heteroatoms. The van der Waals surface area contributed by atoms with E-state index in [9.17, 15) is 4.79 Å². The second-order valence-electron chi connectivity index (χ2n) is 6.12. The first-order valence-corrected chi connectivity index (χ1v) is 7.54. The smallest absolute Gasteiger partial charge is 0.255 e. The van der Waals surface area contributed by atoms with E-state index in [1.807, 2.05) is 13.1 Å². The highest BCUT2D eigenvalue weighted by atomic mass is 16.1. The van der Waals surface area contributed by atoms with Crippen LogP contribution in [0.1, 0.15) is 47.4 Å². The van der Waals surface area contributed by atoms with Crippen LogP contribution < -0.4 is 5.56 Å². The number of nitrogens with zero attached hydrogens (tertiary/aromatic N) is 3. The fraction of sp³-hybridized carbons (Fsp3) is 0.533. The molecule has 0 saturated heterocycles. The molecule has 4 rings (SSSR count). The summed E-state index contributed by atoms with van der Waals surface area (Å²) in [5.74, 6) is 2.34. The monoisotopic (exact) mass is 285 g/mol. The maximum absolute atomic E-state index is 12.3. The predicted molar refractivity (Wildman–Crippen MR) is 78.0 cm³/mol. The summed E-state index contributed by atoms with van der Waals surface area (Å²) < 4.78 is 0. The highest BCUT2D eigenvalue weighted by Crippen LogP contribution is 2.37. The van der Waals surface area contributed by atoms with Gasteiger partial charge in [0, 0.05) is 37.3 Å². The molecular formula is C15H19N5O. The van der Waals surface area contributed by atoms with Gasteiger partial charge >= 0.3 is 0 Å². The van der Waals surface area contributed by atoms with Crippen LogP contribution in [0.4, 0.5) is 0 Å². The van der Waals surface area contributed by atoms with Gasteiger partial charge in [0.2, 0.25) is 0 Å². The van der Waals surface area contributed by atoms with Crippen molar-refractivity contribution in [1.29, 1.82) is 0 Å². The molecule has 6 nitrogen and oxygen atoms in total. The fourth-order valence-electron chi connectivity index (χ4n) is 2.94. The third-order valence-electron chi connectivity index (χ3n) is 4.26. The molecule has 2 aliphatic rings. The molecular weight excluding hydrogens is 266 g/mol. The lowest BCUT2D eigenvalue weighted by Gasteiger charge is -2.26. The van der Waals surface area contributed by atoms with E-state index in [4.69, 9.17) is 0 Å². The quantitative estimate of drug-likeness (QED) is 0.889. The lowest BCUT2D eigenvalue weighted by Crippen LogP contribution is -2.36. The summed E-state index contributed by atoms with van der Waals surface area (Å²) in [4.78, 5) is 29.7. The molecule has 3 heterocycles. The minimum absolute atomic E-state index is 0.0437. The fourth-order valence-corrected chi connectivity index (χ4v) is 2.94. The van der Waals surface area contributed by atoms with Crippen LogP contribution in [0.15, 0.2) is 11.0 Å².